The molecule has 1 saturated heterocycles. The molecule has 5 heteroatoms. The van der Waals surface area contributed by atoms with E-state index in [0.29, 0.717) is 17.4 Å². The van der Waals surface area contributed by atoms with E-state index in [-0.39, 0.29) is 11.7 Å². The fourth-order valence-corrected chi connectivity index (χ4v) is 2.52. The van der Waals surface area contributed by atoms with Crippen LogP contribution in [0.25, 0.3) is 0 Å². The van der Waals surface area contributed by atoms with E-state index in [4.69, 9.17) is 10.9 Å². The van der Waals surface area contributed by atoms with Crippen molar-refractivity contribution >= 4 is 11.5 Å². The topological polar surface area (TPSA) is 61.8 Å². The van der Waals surface area contributed by atoms with E-state index in [0.717, 1.165) is 25.2 Å². The highest BCUT2D eigenvalue weighted by atomic mass is 19.1. The lowest BCUT2D eigenvalue weighted by molar-refractivity contribution is 0.318. The molecule has 1 aromatic carbocycles. The number of piperidine rings is 1. The van der Waals surface area contributed by atoms with Gasteiger partial charge in [-0.1, -0.05) is 19.0 Å². The van der Waals surface area contributed by atoms with Gasteiger partial charge in [-0.3, -0.25) is 0 Å². The summed E-state index contributed by atoms with van der Waals surface area (Å²) in [6.07, 6.45) is 1.09. The van der Waals surface area contributed by atoms with Crippen LogP contribution in [0.5, 0.6) is 0 Å². The quantitative estimate of drug-likeness (QED) is 0.373. The van der Waals surface area contributed by atoms with Gasteiger partial charge in [0, 0.05) is 24.3 Å². The number of oxime groups is 1. The Kier molecular flexibility index (Phi) is 3.93. The Hall–Kier alpha value is -1.78. The smallest absolute Gasteiger partial charge is 0.172 e. The first-order chi connectivity index (χ1) is 9.02. The van der Waals surface area contributed by atoms with Crippen molar-refractivity contribution in [2.45, 2.75) is 20.3 Å². The average molecular weight is 265 g/mol. The molecule has 0 saturated carbocycles. The third-order valence-electron chi connectivity index (χ3n) is 4.02. The monoisotopic (exact) mass is 265 g/mol. The Morgan fingerprint density at radius 3 is 2.79 bits per heavy atom. The van der Waals surface area contributed by atoms with Crippen molar-refractivity contribution in [2.24, 2.45) is 22.7 Å². The SMILES string of the molecule is CC1CCN(c2ccc(F)cc2/C(N)=N/O)CC1C. The molecule has 0 aliphatic carbocycles. The third kappa shape index (κ3) is 2.80. The predicted molar refractivity (Wildman–Crippen MR) is 74.1 cm³/mol. The minimum atomic E-state index is -0.385. The van der Waals surface area contributed by atoms with Crippen LogP contribution in [0, 0.1) is 17.7 Å². The lowest BCUT2D eigenvalue weighted by Crippen LogP contribution is -2.39. The van der Waals surface area contributed by atoms with Crippen molar-refractivity contribution in [3.8, 4) is 0 Å². The Balaban J connectivity index is 2.34. The minimum absolute atomic E-state index is 0.0548. The molecule has 0 spiro atoms. The van der Waals surface area contributed by atoms with Crippen LogP contribution < -0.4 is 10.6 Å². The molecule has 2 atom stereocenters. The molecule has 2 rings (SSSR count). The number of amidine groups is 1. The van der Waals surface area contributed by atoms with Crippen LogP contribution in [0.2, 0.25) is 0 Å². The summed E-state index contributed by atoms with van der Waals surface area (Å²) in [5.74, 6) is 0.812. The number of anilines is 1. The van der Waals surface area contributed by atoms with Crippen LogP contribution in [0.15, 0.2) is 23.4 Å². The first kappa shape index (κ1) is 13.6. The van der Waals surface area contributed by atoms with Gasteiger partial charge in [0.2, 0.25) is 0 Å². The summed E-state index contributed by atoms with van der Waals surface area (Å²) in [6, 6.07) is 4.42. The summed E-state index contributed by atoms with van der Waals surface area (Å²) in [7, 11) is 0. The molecule has 1 aliphatic rings. The Bertz CT molecular complexity index is 490. The molecule has 1 aromatic rings. The Labute approximate surface area is 112 Å². The summed E-state index contributed by atoms with van der Waals surface area (Å²) in [4.78, 5) is 2.18. The van der Waals surface area contributed by atoms with Gasteiger partial charge < -0.3 is 15.8 Å². The molecular formula is C14H20FN3O. The highest BCUT2D eigenvalue weighted by molar-refractivity contribution is 6.02. The minimum Gasteiger partial charge on any atom is -0.409 e. The average Bonchev–Trinajstić information content (AvgIpc) is 2.41. The van der Waals surface area contributed by atoms with Gasteiger partial charge >= 0.3 is 0 Å². The molecule has 104 valence electrons. The molecule has 1 fully saturated rings. The fourth-order valence-electron chi connectivity index (χ4n) is 2.52. The van der Waals surface area contributed by atoms with Crippen molar-refractivity contribution in [1.82, 2.24) is 0 Å². The molecule has 2 unspecified atom stereocenters. The van der Waals surface area contributed by atoms with Crippen LogP contribution in [-0.2, 0) is 0 Å². The van der Waals surface area contributed by atoms with Gasteiger partial charge in [0.05, 0.1) is 0 Å². The maximum atomic E-state index is 13.3. The first-order valence-corrected chi connectivity index (χ1v) is 6.55. The number of benzene rings is 1. The zero-order valence-electron chi connectivity index (χ0n) is 11.3. The maximum Gasteiger partial charge on any atom is 0.172 e. The van der Waals surface area contributed by atoms with E-state index in [1.165, 1.54) is 12.1 Å². The first-order valence-electron chi connectivity index (χ1n) is 6.55. The number of halogens is 1. The second-order valence-electron chi connectivity index (χ2n) is 5.34. The Morgan fingerprint density at radius 2 is 2.16 bits per heavy atom. The zero-order valence-corrected chi connectivity index (χ0v) is 11.3. The lowest BCUT2D eigenvalue weighted by Gasteiger charge is -2.37. The molecule has 1 aliphatic heterocycles. The van der Waals surface area contributed by atoms with Crippen LogP contribution in [0.1, 0.15) is 25.8 Å². The van der Waals surface area contributed by atoms with Crippen LogP contribution in [0.4, 0.5) is 10.1 Å². The van der Waals surface area contributed by atoms with Gasteiger partial charge in [-0.05, 0) is 36.5 Å². The maximum absolute atomic E-state index is 13.3. The summed E-state index contributed by atoms with van der Waals surface area (Å²) in [5.41, 5.74) is 6.92. The number of nitrogens with zero attached hydrogens (tertiary/aromatic N) is 2. The standard InChI is InChI=1S/C14H20FN3O/c1-9-5-6-18(8-10(9)2)13-4-3-11(15)7-12(13)14(16)17-19/h3-4,7,9-10,19H,5-6,8H2,1-2H3,(H2,16,17). The molecule has 0 aromatic heterocycles. The van der Waals surface area contributed by atoms with Crippen molar-refractivity contribution in [2.75, 3.05) is 18.0 Å². The summed E-state index contributed by atoms with van der Waals surface area (Å²) in [5, 5.41) is 11.8. The van der Waals surface area contributed by atoms with Crippen LogP contribution in [-0.4, -0.2) is 24.1 Å². The van der Waals surface area contributed by atoms with Crippen molar-refractivity contribution in [3.63, 3.8) is 0 Å². The van der Waals surface area contributed by atoms with Crippen molar-refractivity contribution in [1.29, 1.82) is 0 Å². The second-order valence-corrected chi connectivity index (χ2v) is 5.34. The van der Waals surface area contributed by atoms with E-state index in [2.05, 4.69) is 23.9 Å². The molecule has 19 heavy (non-hydrogen) atoms. The van der Waals surface area contributed by atoms with Gasteiger partial charge in [0.15, 0.2) is 5.84 Å². The number of hydrogen-bond donors (Lipinski definition) is 2. The fraction of sp³-hybridized carbons (Fsp3) is 0.500. The van der Waals surface area contributed by atoms with E-state index in [1.807, 2.05) is 0 Å². The van der Waals surface area contributed by atoms with Crippen molar-refractivity contribution < 1.29 is 9.60 Å². The molecule has 3 N–H and O–H groups in total. The Morgan fingerprint density at radius 1 is 1.42 bits per heavy atom. The van der Waals surface area contributed by atoms with E-state index < -0.39 is 0 Å². The highest BCUT2D eigenvalue weighted by Gasteiger charge is 2.25. The number of hydrogen-bond acceptors (Lipinski definition) is 3. The zero-order chi connectivity index (χ0) is 14.0. The summed E-state index contributed by atoms with van der Waals surface area (Å²) >= 11 is 0. The van der Waals surface area contributed by atoms with E-state index in [9.17, 15) is 4.39 Å². The molecule has 1 heterocycles. The van der Waals surface area contributed by atoms with E-state index in [1.54, 1.807) is 6.07 Å². The van der Waals surface area contributed by atoms with Gasteiger partial charge in [0.1, 0.15) is 5.82 Å². The largest absolute Gasteiger partial charge is 0.409 e. The molecule has 0 amide bonds. The third-order valence-corrected chi connectivity index (χ3v) is 4.02. The molecular weight excluding hydrogens is 245 g/mol. The van der Waals surface area contributed by atoms with Gasteiger partial charge in [-0.25, -0.2) is 4.39 Å². The van der Waals surface area contributed by atoms with Gasteiger partial charge in [-0.2, -0.15) is 0 Å². The molecule has 4 nitrogen and oxygen atoms in total. The van der Waals surface area contributed by atoms with E-state index >= 15 is 0 Å². The van der Waals surface area contributed by atoms with Crippen LogP contribution >= 0.6 is 0 Å². The molecule has 0 radical (unpaired) electrons. The van der Waals surface area contributed by atoms with Gasteiger partial charge in [-0.15, -0.1) is 0 Å². The lowest BCUT2D eigenvalue weighted by atomic mass is 9.88. The van der Waals surface area contributed by atoms with Crippen molar-refractivity contribution in [3.05, 3.63) is 29.6 Å². The normalized spacial score (nSPS) is 24.6. The van der Waals surface area contributed by atoms with Crippen LogP contribution in [0.3, 0.4) is 0 Å². The van der Waals surface area contributed by atoms with Gasteiger partial charge in [0.25, 0.3) is 0 Å². The second kappa shape index (κ2) is 5.47. The molecule has 0 bridgehead atoms. The summed E-state index contributed by atoms with van der Waals surface area (Å²) < 4.78 is 13.3. The number of rotatable bonds is 2. The highest BCUT2D eigenvalue weighted by Crippen LogP contribution is 2.29. The number of nitrogens with two attached hydrogens (primary N) is 1. The predicted octanol–water partition coefficient (Wildman–Crippen LogP) is 2.40. The summed E-state index contributed by atoms with van der Waals surface area (Å²) in [6.45, 7) is 6.27.